The van der Waals surface area contributed by atoms with E-state index in [0.717, 1.165) is 5.56 Å². The van der Waals surface area contributed by atoms with Crippen LogP contribution < -0.4 is 10.2 Å². The Balaban J connectivity index is 1.50. The summed E-state index contributed by atoms with van der Waals surface area (Å²) in [6.45, 7) is 0.184. The zero-order valence-electron chi connectivity index (χ0n) is 18.6. The van der Waals surface area contributed by atoms with Gasteiger partial charge in [0.2, 0.25) is 0 Å². The zero-order chi connectivity index (χ0) is 25.3. The lowest BCUT2D eigenvalue weighted by atomic mass is 10.2. The summed E-state index contributed by atoms with van der Waals surface area (Å²) in [6, 6.07) is 20.0. The standard InChI is InChI=1S/C25H18ClN5O4S/c26-21-8-3-1-6-17(21)16-35-22-9-4-2-7-20(22)24(32)30-29-15-18-14-19(31(33)34)10-11-23(18)36-25-27-12-5-13-28-25/h1-15H,16H2,(H,30,32)/b29-15+. The number of para-hydroxylation sites is 1. The van der Waals surface area contributed by atoms with Gasteiger partial charge in [0, 0.05) is 45.6 Å². The minimum Gasteiger partial charge on any atom is -0.488 e. The maximum Gasteiger partial charge on any atom is 0.275 e. The molecule has 180 valence electrons. The summed E-state index contributed by atoms with van der Waals surface area (Å²) >= 11 is 7.40. The van der Waals surface area contributed by atoms with Crippen LogP contribution in [0.4, 0.5) is 5.69 Å². The van der Waals surface area contributed by atoms with E-state index in [1.165, 1.54) is 30.1 Å². The van der Waals surface area contributed by atoms with Gasteiger partial charge in [0.25, 0.3) is 11.6 Å². The second-order valence-corrected chi connectivity index (χ2v) is 8.60. The van der Waals surface area contributed by atoms with Crippen LogP contribution in [0.2, 0.25) is 5.02 Å². The minimum absolute atomic E-state index is 0.112. The van der Waals surface area contributed by atoms with Gasteiger partial charge in [-0.15, -0.1) is 0 Å². The van der Waals surface area contributed by atoms with Crippen LogP contribution in [0.3, 0.4) is 0 Å². The molecular weight excluding hydrogens is 502 g/mol. The van der Waals surface area contributed by atoms with Gasteiger partial charge in [0.05, 0.1) is 16.7 Å². The summed E-state index contributed by atoms with van der Waals surface area (Å²) in [4.78, 5) is 32.5. The van der Waals surface area contributed by atoms with Crippen LogP contribution in [0, 0.1) is 10.1 Å². The Morgan fingerprint density at radius 2 is 1.83 bits per heavy atom. The highest BCUT2D eigenvalue weighted by Gasteiger charge is 2.14. The smallest absolute Gasteiger partial charge is 0.275 e. The van der Waals surface area contributed by atoms with Crippen LogP contribution in [-0.2, 0) is 6.61 Å². The number of benzene rings is 3. The van der Waals surface area contributed by atoms with Crippen LogP contribution in [0.25, 0.3) is 0 Å². The minimum atomic E-state index is -0.507. The van der Waals surface area contributed by atoms with Gasteiger partial charge in [0.15, 0.2) is 5.16 Å². The molecule has 0 fully saturated rings. The maximum absolute atomic E-state index is 12.8. The van der Waals surface area contributed by atoms with E-state index >= 15 is 0 Å². The summed E-state index contributed by atoms with van der Waals surface area (Å²) in [5, 5.41) is 16.3. The second-order valence-electron chi connectivity index (χ2n) is 7.19. The number of amides is 1. The second kappa shape index (κ2) is 11.9. The number of hydrazone groups is 1. The Bertz CT molecular complexity index is 1420. The van der Waals surface area contributed by atoms with Gasteiger partial charge >= 0.3 is 0 Å². The van der Waals surface area contributed by atoms with Gasteiger partial charge in [-0.2, -0.15) is 5.10 Å². The van der Waals surface area contributed by atoms with Crippen LogP contribution in [0.15, 0.2) is 100 Å². The summed E-state index contributed by atoms with van der Waals surface area (Å²) in [7, 11) is 0. The number of nitrogens with one attached hydrogen (secondary N) is 1. The molecule has 1 heterocycles. The molecular formula is C25H18ClN5O4S. The van der Waals surface area contributed by atoms with Crippen molar-refractivity contribution >= 4 is 41.2 Å². The number of ether oxygens (including phenoxy) is 1. The molecule has 0 aliphatic heterocycles. The molecule has 0 bridgehead atoms. The molecule has 0 radical (unpaired) electrons. The van der Waals surface area contributed by atoms with Gasteiger partial charge < -0.3 is 4.74 Å². The Hall–Kier alpha value is -4.28. The number of carbonyl (C=O) groups is 1. The van der Waals surface area contributed by atoms with Gasteiger partial charge in [-0.25, -0.2) is 15.4 Å². The van der Waals surface area contributed by atoms with E-state index < -0.39 is 10.8 Å². The van der Waals surface area contributed by atoms with Crippen molar-refractivity contribution in [1.29, 1.82) is 0 Å². The molecule has 0 aliphatic rings. The number of hydrogen-bond donors (Lipinski definition) is 1. The fourth-order valence-electron chi connectivity index (χ4n) is 3.05. The van der Waals surface area contributed by atoms with Crippen molar-refractivity contribution in [1.82, 2.24) is 15.4 Å². The van der Waals surface area contributed by atoms with Crippen molar-refractivity contribution < 1.29 is 14.5 Å². The molecule has 0 spiro atoms. The van der Waals surface area contributed by atoms with E-state index in [2.05, 4.69) is 20.5 Å². The quantitative estimate of drug-likeness (QED) is 0.133. The third kappa shape index (κ3) is 6.44. The molecule has 0 saturated carbocycles. The number of nitrogens with zero attached hydrogens (tertiary/aromatic N) is 4. The predicted molar refractivity (Wildman–Crippen MR) is 137 cm³/mol. The summed E-state index contributed by atoms with van der Waals surface area (Å²) < 4.78 is 5.83. The summed E-state index contributed by atoms with van der Waals surface area (Å²) in [5.41, 5.74) is 3.82. The largest absolute Gasteiger partial charge is 0.488 e. The van der Waals surface area contributed by atoms with Crippen LogP contribution >= 0.6 is 23.4 Å². The Morgan fingerprint density at radius 1 is 1.08 bits per heavy atom. The van der Waals surface area contributed by atoms with Crippen molar-refractivity contribution in [3.63, 3.8) is 0 Å². The molecule has 0 aliphatic carbocycles. The number of carbonyl (C=O) groups excluding carboxylic acids is 1. The summed E-state index contributed by atoms with van der Waals surface area (Å²) in [5.74, 6) is -0.148. The molecule has 0 unspecified atom stereocenters. The average molecular weight is 520 g/mol. The number of aromatic nitrogens is 2. The highest BCUT2D eigenvalue weighted by Crippen LogP contribution is 2.29. The lowest BCUT2D eigenvalue weighted by Crippen LogP contribution is -2.18. The van der Waals surface area contributed by atoms with Gasteiger partial charge in [-0.1, -0.05) is 41.9 Å². The topological polar surface area (TPSA) is 120 Å². The van der Waals surface area contributed by atoms with Gasteiger partial charge in [-0.05, 0) is 42.1 Å². The first-order chi connectivity index (χ1) is 17.5. The number of nitro groups is 1. The molecule has 3 aromatic carbocycles. The molecule has 4 aromatic rings. The molecule has 1 amide bonds. The van der Waals surface area contributed by atoms with Crippen LogP contribution in [0.1, 0.15) is 21.5 Å². The van der Waals surface area contributed by atoms with Crippen molar-refractivity contribution in [2.24, 2.45) is 5.10 Å². The lowest BCUT2D eigenvalue weighted by molar-refractivity contribution is -0.384. The predicted octanol–water partition coefficient (Wildman–Crippen LogP) is 5.53. The fourth-order valence-corrected chi connectivity index (χ4v) is 4.03. The lowest BCUT2D eigenvalue weighted by Gasteiger charge is -2.11. The zero-order valence-corrected chi connectivity index (χ0v) is 20.1. The number of hydrogen-bond acceptors (Lipinski definition) is 8. The van der Waals surface area contributed by atoms with Gasteiger partial charge in [0.1, 0.15) is 12.4 Å². The van der Waals surface area contributed by atoms with Gasteiger partial charge in [-0.3, -0.25) is 14.9 Å². The first-order valence-electron chi connectivity index (χ1n) is 10.5. The van der Waals surface area contributed by atoms with E-state index in [9.17, 15) is 14.9 Å². The van der Waals surface area contributed by atoms with Crippen molar-refractivity contribution in [3.05, 3.63) is 117 Å². The molecule has 9 nitrogen and oxygen atoms in total. The first-order valence-corrected chi connectivity index (χ1v) is 11.7. The molecule has 1 N–H and O–H groups in total. The molecule has 4 rings (SSSR count). The number of halogens is 1. The van der Waals surface area contributed by atoms with Crippen molar-refractivity contribution in [2.45, 2.75) is 16.7 Å². The fraction of sp³-hybridized carbons (Fsp3) is 0.0400. The van der Waals surface area contributed by atoms with Crippen molar-refractivity contribution in [3.8, 4) is 5.75 Å². The van der Waals surface area contributed by atoms with E-state index in [1.807, 2.05) is 18.2 Å². The summed E-state index contributed by atoms with van der Waals surface area (Å²) in [6.07, 6.45) is 4.53. The Kier molecular flexibility index (Phi) is 8.22. The molecule has 36 heavy (non-hydrogen) atoms. The molecule has 11 heteroatoms. The normalized spacial score (nSPS) is 10.8. The van der Waals surface area contributed by atoms with Crippen LogP contribution in [0.5, 0.6) is 5.75 Å². The molecule has 0 atom stereocenters. The number of rotatable bonds is 9. The third-order valence-electron chi connectivity index (χ3n) is 4.79. The maximum atomic E-state index is 12.8. The first kappa shape index (κ1) is 24.8. The SMILES string of the molecule is O=C(N/N=C/c1cc([N+](=O)[O-])ccc1Sc1ncccn1)c1ccccc1OCc1ccccc1Cl. The Morgan fingerprint density at radius 3 is 2.61 bits per heavy atom. The van der Waals surface area contributed by atoms with E-state index in [1.54, 1.807) is 54.9 Å². The monoisotopic (exact) mass is 519 g/mol. The van der Waals surface area contributed by atoms with E-state index in [4.69, 9.17) is 16.3 Å². The molecule has 0 saturated heterocycles. The average Bonchev–Trinajstić information content (AvgIpc) is 2.89. The number of non-ortho nitro benzene ring substituents is 1. The highest BCUT2D eigenvalue weighted by atomic mass is 35.5. The molecule has 1 aromatic heterocycles. The van der Waals surface area contributed by atoms with E-state index in [0.29, 0.717) is 26.4 Å². The highest BCUT2D eigenvalue weighted by molar-refractivity contribution is 7.99. The Labute approximate surface area is 215 Å². The van der Waals surface area contributed by atoms with Crippen LogP contribution in [-0.4, -0.2) is 27.0 Å². The third-order valence-corrected chi connectivity index (χ3v) is 6.14. The van der Waals surface area contributed by atoms with Crippen molar-refractivity contribution in [2.75, 3.05) is 0 Å². The van der Waals surface area contributed by atoms with E-state index in [-0.39, 0.29) is 17.9 Å². The number of nitro benzene ring substituents is 1.